The van der Waals surface area contributed by atoms with Crippen molar-refractivity contribution in [2.75, 3.05) is 0 Å². The molecule has 0 amide bonds. The third-order valence-corrected chi connectivity index (χ3v) is 9.76. The second kappa shape index (κ2) is 10.2. The van der Waals surface area contributed by atoms with E-state index in [1.807, 2.05) is 0 Å². The van der Waals surface area contributed by atoms with Gasteiger partial charge in [-0.2, -0.15) is 0 Å². The fourth-order valence-electron chi connectivity index (χ4n) is 7.84. The van der Waals surface area contributed by atoms with E-state index in [1.54, 1.807) is 0 Å². The summed E-state index contributed by atoms with van der Waals surface area (Å²) in [5.41, 5.74) is 12.4. The molecule has 0 atom stereocenters. The molecular formula is C45H30. The molecule has 8 aromatic carbocycles. The monoisotopic (exact) mass is 570 g/mol. The van der Waals surface area contributed by atoms with E-state index in [2.05, 4.69) is 182 Å². The molecule has 45 heavy (non-hydrogen) atoms. The van der Waals surface area contributed by atoms with Gasteiger partial charge in [-0.25, -0.2) is 0 Å². The summed E-state index contributed by atoms with van der Waals surface area (Å²) in [7, 11) is 0. The Hall–Kier alpha value is -5.72. The molecule has 9 rings (SSSR count). The zero-order valence-electron chi connectivity index (χ0n) is 24.8. The van der Waals surface area contributed by atoms with Crippen LogP contribution in [0, 0.1) is 0 Å². The first-order chi connectivity index (χ1) is 22.3. The van der Waals surface area contributed by atoms with Crippen molar-refractivity contribution in [3.8, 4) is 33.4 Å². The van der Waals surface area contributed by atoms with E-state index in [1.165, 1.54) is 77.2 Å². The molecule has 8 aromatic rings. The van der Waals surface area contributed by atoms with Crippen molar-refractivity contribution in [1.29, 1.82) is 0 Å². The van der Waals surface area contributed by atoms with Crippen LogP contribution in [0.25, 0.3) is 54.9 Å². The first kappa shape index (κ1) is 25.7. The number of hydrogen-bond donors (Lipinski definition) is 0. The highest BCUT2D eigenvalue weighted by Crippen LogP contribution is 2.58. The number of hydrogen-bond acceptors (Lipinski definition) is 0. The maximum Gasteiger partial charge on any atom is 0.0714 e. The molecule has 0 radical (unpaired) electrons. The van der Waals surface area contributed by atoms with Crippen LogP contribution >= 0.6 is 0 Å². The van der Waals surface area contributed by atoms with E-state index in [4.69, 9.17) is 0 Å². The SMILES string of the molecule is c1ccc(-c2ccc(-c3ccc4c(c3)C(c3ccccc3)(c3ccccc3)c3ccc5ccccc5c3-4)c3ccccc23)cc1. The van der Waals surface area contributed by atoms with E-state index >= 15 is 0 Å². The van der Waals surface area contributed by atoms with Crippen LogP contribution in [0.5, 0.6) is 0 Å². The van der Waals surface area contributed by atoms with Crippen molar-refractivity contribution in [2.45, 2.75) is 5.41 Å². The Bertz CT molecular complexity index is 2310. The Morgan fingerprint density at radius 3 is 1.47 bits per heavy atom. The van der Waals surface area contributed by atoms with Crippen LogP contribution in [-0.2, 0) is 5.41 Å². The minimum atomic E-state index is -0.451. The molecule has 0 aromatic heterocycles. The predicted molar refractivity (Wildman–Crippen MR) is 190 cm³/mol. The molecule has 0 heterocycles. The van der Waals surface area contributed by atoms with Gasteiger partial charge in [0.1, 0.15) is 0 Å². The number of rotatable bonds is 4. The van der Waals surface area contributed by atoms with Gasteiger partial charge in [-0.05, 0) is 83.2 Å². The fourth-order valence-corrected chi connectivity index (χ4v) is 7.84. The van der Waals surface area contributed by atoms with Crippen LogP contribution < -0.4 is 0 Å². The standard InChI is InChI=1S/C45H30/c1-4-14-31(15-5-1)36-27-28-37(40-23-13-12-22-39(36)40)33-24-26-41-43(30-33)45(34-17-6-2-7-18-34,35-19-8-3-9-20-35)42-29-25-32-16-10-11-21-38(32)44(41)42/h1-30H. The van der Waals surface area contributed by atoms with Gasteiger partial charge in [0.05, 0.1) is 5.41 Å². The van der Waals surface area contributed by atoms with E-state index in [0.29, 0.717) is 0 Å². The van der Waals surface area contributed by atoms with Crippen molar-refractivity contribution >= 4 is 21.5 Å². The minimum absolute atomic E-state index is 0.451. The lowest BCUT2D eigenvalue weighted by Gasteiger charge is -2.34. The Kier molecular flexibility index (Phi) is 5.83. The van der Waals surface area contributed by atoms with Crippen LogP contribution in [-0.4, -0.2) is 0 Å². The van der Waals surface area contributed by atoms with Gasteiger partial charge in [-0.3, -0.25) is 0 Å². The number of fused-ring (bicyclic) bond motifs is 6. The largest absolute Gasteiger partial charge is 0.0714 e. The molecule has 0 N–H and O–H groups in total. The first-order valence-electron chi connectivity index (χ1n) is 15.7. The second-order valence-corrected chi connectivity index (χ2v) is 12.0. The molecule has 0 bridgehead atoms. The highest BCUT2D eigenvalue weighted by molar-refractivity contribution is 6.07. The molecule has 1 aliphatic carbocycles. The molecule has 0 fully saturated rings. The molecule has 0 heteroatoms. The summed E-state index contributed by atoms with van der Waals surface area (Å²) in [5, 5.41) is 5.11. The van der Waals surface area contributed by atoms with Crippen LogP contribution in [0.4, 0.5) is 0 Å². The van der Waals surface area contributed by atoms with Gasteiger partial charge in [0.25, 0.3) is 0 Å². The quantitative estimate of drug-likeness (QED) is 0.197. The lowest BCUT2D eigenvalue weighted by atomic mass is 9.67. The van der Waals surface area contributed by atoms with E-state index in [0.717, 1.165) is 0 Å². The third kappa shape index (κ3) is 3.79. The molecule has 0 saturated carbocycles. The Balaban J connectivity index is 1.37. The Morgan fingerprint density at radius 1 is 0.311 bits per heavy atom. The smallest absolute Gasteiger partial charge is 0.0622 e. The van der Waals surface area contributed by atoms with Gasteiger partial charge < -0.3 is 0 Å². The van der Waals surface area contributed by atoms with Crippen molar-refractivity contribution in [2.24, 2.45) is 0 Å². The topological polar surface area (TPSA) is 0 Å². The van der Waals surface area contributed by atoms with E-state index in [9.17, 15) is 0 Å². The lowest BCUT2D eigenvalue weighted by molar-refractivity contribution is 0.769. The number of benzene rings is 8. The maximum absolute atomic E-state index is 2.48. The summed E-state index contributed by atoms with van der Waals surface area (Å²) in [5.74, 6) is 0. The molecule has 0 unspecified atom stereocenters. The molecule has 0 saturated heterocycles. The Labute approximate surface area is 263 Å². The molecule has 0 spiro atoms. The van der Waals surface area contributed by atoms with Gasteiger partial charge in [-0.15, -0.1) is 0 Å². The van der Waals surface area contributed by atoms with Crippen LogP contribution in [0.2, 0.25) is 0 Å². The fraction of sp³-hybridized carbons (Fsp3) is 0.0222. The van der Waals surface area contributed by atoms with Crippen LogP contribution in [0.1, 0.15) is 22.3 Å². The molecular weight excluding hydrogens is 540 g/mol. The van der Waals surface area contributed by atoms with Crippen LogP contribution in [0.3, 0.4) is 0 Å². The van der Waals surface area contributed by atoms with Crippen molar-refractivity contribution in [3.05, 3.63) is 204 Å². The van der Waals surface area contributed by atoms with E-state index in [-0.39, 0.29) is 0 Å². The predicted octanol–water partition coefficient (Wildman–Crippen LogP) is 11.7. The van der Waals surface area contributed by atoms with Gasteiger partial charge in [-0.1, -0.05) is 176 Å². The molecule has 210 valence electrons. The average Bonchev–Trinajstić information content (AvgIpc) is 3.43. The van der Waals surface area contributed by atoms with Crippen molar-refractivity contribution in [1.82, 2.24) is 0 Å². The summed E-state index contributed by atoms with van der Waals surface area (Å²) >= 11 is 0. The Morgan fingerprint density at radius 2 is 0.822 bits per heavy atom. The van der Waals surface area contributed by atoms with Gasteiger partial charge in [0, 0.05) is 0 Å². The highest BCUT2D eigenvalue weighted by atomic mass is 14.5. The second-order valence-electron chi connectivity index (χ2n) is 12.0. The summed E-state index contributed by atoms with van der Waals surface area (Å²) < 4.78 is 0. The average molecular weight is 571 g/mol. The summed E-state index contributed by atoms with van der Waals surface area (Å²) in [6, 6.07) is 67.0. The summed E-state index contributed by atoms with van der Waals surface area (Å²) in [6.07, 6.45) is 0. The van der Waals surface area contributed by atoms with Gasteiger partial charge in [0.15, 0.2) is 0 Å². The molecule has 0 nitrogen and oxygen atoms in total. The third-order valence-electron chi connectivity index (χ3n) is 9.76. The lowest BCUT2D eigenvalue weighted by Crippen LogP contribution is -2.28. The zero-order valence-corrected chi connectivity index (χ0v) is 24.8. The van der Waals surface area contributed by atoms with Crippen molar-refractivity contribution < 1.29 is 0 Å². The van der Waals surface area contributed by atoms with Crippen LogP contribution in [0.15, 0.2) is 182 Å². The van der Waals surface area contributed by atoms with Gasteiger partial charge in [0.2, 0.25) is 0 Å². The maximum atomic E-state index is 2.48. The molecule has 0 aliphatic heterocycles. The normalized spacial score (nSPS) is 13.1. The van der Waals surface area contributed by atoms with Gasteiger partial charge >= 0.3 is 0 Å². The zero-order chi connectivity index (χ0) is 29.8. The minimum Gasteiger partial charge on any atom is -0.0622 e. The summed E-state index contributed by atoms with van der Waals surface area (Å²) in [4.78, 5) is 0. The summed E-state index contributed by atoms with van der Waals surface area (Å²) in [6.45, 7) is 0. The molecule has 1 aliphatic rings. The van der Waals surface area contributed by atoms with E-state index < -0.39 is 5.41 Å². The first-order valence-corrected chi connectivity index (χ1v) is 15.7. The van der Waals surface area contributed by atoms with Crippen molar-refractivity contribution in [3.63, 3.8) is 0 Å². The highest BCUT2D eigenvalue weighted by Gasteiger charge is 2.46.